The molecular weight excluding hydrogens is 268 g/mol. The summed E-state index contributed by atoms with van der Waals surface area (Å²) in [5.74, 6) is 1.27. The van der Waals surface area contributed by atoms with Gasteiger partial charge < -0.3 is 20.5 Å². The predicted molar refractivity (Wildman–Crippen MR) is 83.8 cm³/mol. The van der Waals surface area contributed by atoms with Crippen molar-refractivity contribution in [3.05, 3.63) is 23.8 Å². The standard InChI is InChI=1S/C16H26N2O3/c1-4-9-20-14-6-5-13(7-8-17)15(10-14)21-11-16(19)18-12(2)3/h5-6,10,12H,4,7-9,11,17H2,1-3H3,(H,18,19). The van der Waals surface area contributed by atoms with Gasteiger partial charge in [0.25, 0.3) is 5.91 Å². The Morgan fingerprint density at radius 1 is 1.33 bits per heavy atom. The van der Waals surface area contributed by atoms with Crippen LogP contribution in [0.4, 0.5) is 0 Å². The Hall–Kier alpha value is -1.75. The average molecular weight is 294 g/mol. The van der Waals surface area contributed by atoms with Gasteiger partial charge in [0.2, 0.25) is 0 Å². The molecule has 0 aromatic heterocycles. The third-order valence-corrected chi connectivity index (χ3v) is 2.73. The van der Waals surface area contributed by atoms with Crippen LogP contribution in [0, 0.1) is 0 Å². The molecule has 0 unspecified atom stereocenters. The van der Waals surface area contributed by atoms with Crippen molar-refractivity contribution in [3.63, 3.8) is 0 Å². The van der Waals surface area contributed by atoms with Crippen molar-refractivity contribution < 1.29 is 14.3 Å². The maximum Gasteiger partial charge on any atom is 0.258 e. The van der Waals surface area contributed by atoms with Gasteiger partial charge in [-0.2, -0.15) is 0 Å². The van der Waals surface area contributed by atoms with Crippen LogP contribution in [0.25, 0.3) is 0 Å². The molecule has 0 saturated heterocycles. The summed E-state index contributed by atoms with van der Waals surface area (Å²) in [6.45, 7) is 7.06. The van der Waals surface area contributed by atoms with Gasteiger partial charge in [0, 0.05) is 12.1 Å². The molecule has 3 N–H and O–H groups in total. The third-order valence-electron chi connectivity index (χ3n) is 2.73. The highest BCUT2D eigenvalue weighted by Crippen LogP contribution is 2.25. The highest BCUT2D eigenvalue weighted by Gasteiger charge is 2.09. The average Bonchev–Trinajstić information content (AvgIpc) is 2.44. The second kappa shape index (κ2) is 9.23. The van der Waals surface area contributed by atoms with Gasteiger partial charge >= 0.3 is 0 Å². The van der Waals surface area contributed by atoms with Crippen LogP contribution in [0.5, 0.6) is 11.5 Å². The molecule has 1 aromatic rings. The first-order valence-corrected chi connectivity index (χ1v) is 7.44. The summed E-state index contributed by atoms with van der Waals surface area (Å²) in [5, 5.41) is 2.79. The number of hydrogen-bond donors (Lipinski definition) is 2. The molecule has 0 saturated carbocycles. The molecule has 0 heterocycles. The van der Waals surface area contributed by atoms with Crippen LogP contribution in [0.15, 0.2) is 18.2 Å². The number of carbonyl (C=O) groups is 1. The van der Waals surface area contributed by atoms with Gasteiger partial charge in [-0.25, -0.2) is 0 Å². The Kier molecular flexibility index (Phi) is 7.61. The number of rotatable bonds is 9. The lowest BCUT2D eigenvalue weighted by Gasteiger charge is -2.14. The zero-order valence-electron chi connectivity index (χ0n) is 13.1. The number of amides is 1. The molecule has 0 radical (unpaired) electrons. The molecule has 0 aliphatic carbocycles. The lowest BCUT2D eigenvalue weighted by molar-refractivity contribution is -0.123. The van der Waals surface area contributed by atoms with E-state index >= 15 is 0 Å². The third kappa shape index (κ3) is 6.49. The zero-order valence-corrected chi connectivity index (χ0v) is 13.1. The highest BCUT2D eigenvalue weighted by atomic mass is 16.5. The van der Waals surface area contributed by atoms with Crippen LogP contribution in [0.2, 0.25) is 0 Å². The molecule has 5 nitrogen and oxygen atoms in total. The minimum absolute atomic E-state index is 0.00696. The minimum Gasteiger partial charge on any atom is -0.493 e. The van der Waals surface area contributed by atoms with Gasteiger partial charge in [0.05, 0.1) is 6.61 Å². The van der Waals surface area contributed by atoms with E-state index in [1.807, 2.05) is 32.0 Å². The molecule has 0 fully saturated rings. The van der Waals surface area contributed by atoms with Gasteiger partial charge in [-0.15, -0.1) is 0 Å². The van der Waals surface area contributed by atoms with Crippen molar-refractivity contribution >= 4 is 5.91 Å². The van der Waals surface area contributed by atoms with E-state index in [9.17, 15) is 4.79 Å². The lowest BCUT2D eigenvalue weighted by atomic mass is 10.1. The SMILES string of the molecule is CCCOc1ccc(CCN)c(OCC(=O)NC(C)C)c1. The fourth-order valence-corrected chi connectivity index (χ4v) is 1.85. The fraction of sp³-hybridized carbons (Fsp3) is 0.562. The molecule has 1 amide bonds. The molecule has 1 aromatic carbocycles. The Morgan fingerprint density at radius 2 is 2.10 bits per heavy atom. The molecule has 118 valence electrons. The van der Waals surface area contributed by atoms with Gasteiger partial charge in [-0.1, -0.05) is 13.0 Å². The molecule has 0 bridgehead atoms. The Labute approximate surface area is 126 Å². The van der Waals surface area contributed by atoms with E-state index in [4.69, 9.17) is 15.2 Å². The summed E-state index contributed by atoms with van der Waals surface area (Å²) in [7, 11) is 0. The molecule has 0 aliphatic heterocycles. The molecule has 5 heteroatoms. The van der Waals surface area contributed by atoms with E-state index in [0.29, 0.717) is 25.3 Å². The Bertz CT molecular complexity index is 447. The van der Waals surface area contributed by atoms with Crippen molar-refractivity contribution in [2.24, 2.45) is 5.73 Å². The van der Waals surface area contributed by atoms with Crippen molar-refractivity contribution in [2.75, 3.05) is 19.8 Å². The first-order valence-electron chi connectivity index (χ1n) is 7.44. The second-order valence-electron chi connectivity index (χ2n) is 5.17. The predicted octanol–water partition coefficient (Wildman–Crippen LogP) is 1.88. The molecule has 0 aliphatic rings. The second-order valence-corrected chi connectivity index (χ2v) is 5.17. The molecule has 0 spiro atoms. The van der Waals surface area contributed by atoms with Crippen molar-refractivity contribution in [1.82, 2.24) is 5.32 Å². The van der Waals surface area contributed by atoms with E-state index < -0.39 is 0 Å². The zero-order chi connectivity index (χ0) is 15.7. The summed E-state index contributed by atoms with van der Waals surface area (Å²) in [5.41, 5.74) is 6.59. The van der Waals surface area contributed by atoms with Crippen LogP contribution in [0.1, 0.15) is 32.8 Å². The number of carbonyl (C=O) groups excluding carboxylic acids is 1. The fourth-order valence-electron chi connectivity index (χ4n) is 1.85. The number of benzene rings is 1. The van der Waals surface area contributed by atoms with Crippen molar-refractivity contribution in [3.8, 4) is 11.5 Å². The van der Waals surface area contributed by atoms with Crippen LogP contribution in [-0.4, -0.2) is 31.7 Å². The first kappa shape index (κ1) is 17.3. The van der Waals surface area contributed by atoms with E-state index in [1.54, 1.807) is 0 Å². The van der Waals surface area contributed by atoms with Crippen LogP contribution >= 0.6 is 0 Å². The van der Waals surface area contributed by atoms with Gasteiger partial charge in [0.15, 0.2) is 6.61 Å². The number of ether oxygens (including phenoxy) is 2. The van der Waals surface area contributed by atoms with Gasteiger partial charge in [-0.3, -0.25) is 4.79 Å². The van der Waals surface area contributed by atoms with E-state index in [-0.39, 0.29) is 18.6 Å². The van der Waals surface area contributed by atoms with Crippen molar-refractivity contribution in [2.45, 2.75) is 39.7 Å². The van der Waals surface area contributed by atoms with Crippen molar-refractivity contribution in [1.29, 1.82) is 0 Å². The first-order chi connectivity index (χ1) is 10.1. The molecule has 0 atom stereocenters. The van der Waals surface area contributed by atoms with Gasteiger partial charge in [-0.05, 0) is 44.9 Å². The maximum atomic E-state index is 11.7. The Balaban J connectivity index is 2.72. The summed E-state index contributed by atoms with van der Waals surface area (Å²) in [4.78, 5) is 11.7. The highest BCUT2D eigenvalue weighted by molar-refractivity contribution is 5.77. The quantitative estimate of drug-likeness (QED) is 0.729. The maximum absolute atomic E-state index is 11.7. The largest absolute Gasteiger partial charge is 0.493 e. The summed E-state index contributed by atoms with van der Waals surface area (Å²) >= 11 is 0. The van der Waals surface area contributed by atoms with Crippen LogP contribution in [-0.2, 0) is 11.2 Å². The topological polar surface area (TPSA) is 73.6 Å². The van der Waals surface area contributed by atoms with Crippen LogP contribution < -0.4 is 20.5 Å². The van der Waals surface area contributed by atoms with Crippen LogP contribution in [0.3, 0.4) is 0 Å². The number of hydrogen-bond acceptors (Lipinski definition) is 4. The number of nitrogens with two attached hydrogens (primary N) is 1. The summed E-state index contributed by atoms with van der Waals surface area (Å²) in [6, 6.07) is 5.77. The lowest BCUT2D eigenvalue weighted by Crippen LogP contribution is -2.34. The smallest absolute Gasteiger partial charge is 0.258 e. The molecule has 1 rings (SSSR count). The van der Waals surface area contributed by atoms with E-state index in [2.05, 4.69) is 12.2 Å². The van der Waals surface area contributed by atoms with E-state index in [0.717, 1.165) is 17.7 Å². The monoisotopic (exact) mass is 294 g/mol. The number of nitrogens with one attached hydrogen (secondary N) is 1. The molecular formula is C16H26N2O3. The van der Waals surface area contributed by atoms with E-state index in [1.165, 1.54) is 0 Å². The minimum atomic E-state index is -0.136. The van der Waals surface area contributed by atoms with Gasteiger partial charge in [0.1, 0.15) is 11.5 Å². The summed E-state index contributed by atoms with van der Waals surface area (Å²) in [6.07, 6.45) is 1.65. The molecule has 21 heavy (non-hydrogen) atoms. The summed E-state index contributed by atoms with van der Waals surface area (Å²) < 4.78 is 11.2. The normalized spacial score (nSPS) is 10.5. The Morgan fingerprint density at radius 3 is 2.71 bits per heavy atom.